The number of benzene rings is 1. The van der Waals surface area contributed by atoms with Gasteiger partial charge in [0.1, 0.15) is 23.6 Å². The van der Waals surface area contributed by atoms with E-state index in [-0.39, 0.29) is 18.6 Å². The van der Waals surface area contributed by atoms with Crippen LogP contribution < -0.4 is 15.6 Å². The Balaban J connectivity index is 1.87. The first-order valence-electron chi connectivity index (χ1n) is 8.30. The highest BCUT2D eigenvalue weighted by molar-refractivity contribution is 5.93. The number of nitrogens with one attached hydrogen (secondary N) is 2. The van der Waals surface area contributed by atoms with E-state index in [0.29, 0.717) is 11.8 Å². The number of aromatic nitrogens is 1. The molecular weight excluding hydrogens is 361 g/mol. The first-order chi connectivity index (χ1) is 12.5. The third-order valence-electron chi connectivity index (χ3n) is 3.84. The highest BCUT2D eigenvalue weighted by atomic mass is 19.4. The van der Waals surface area contributed by atoms with Crippen molar-refractivity contribution in [1.82, 2.24) is 10.3 Å². The van der Waals surface area contributed by atoms with Gasteiger partial charge < -0.3 is 15.0 Å². The van der Waals surface area contributed by atoms with Crippen LogP contribution >= 0.6 is 0 Å². The van der Waals surface area contributed by atoms with Crippen molar-refractivity contribution in [1.29, 1.82) is 0 Å². The maximum Gasteiger partial charge on any atom is 0.431 e. The molecule has 2 aromatic rings. The third kappa shape index (κ3) is 5.60. The molecule has 0 radical (unpaired) electrons. The Morgan fingerprint density at radius 2 is 1.70 bits per heavy atom. The van der Waals surface area contributed by atoms with Crippen molar-refractivity contribution in [2.24, 2.45) is 0 Å². The molecule has 27 heavy (non-hydrogen) atoms. The normalized spacial score (nSPS) is 11.9. The molecule has 8 heteroatoms. The summed E-state index contributed by atoms with van der Waals surface area (Å²) >= 11 is 0. The summed E-state index contributed by atoms with van der Waals surface area (Å²) < 4.78 is 43.0. The molecule has 0 fully saturated rings. The van der Waals surface area contributed by atoms with Crippen LogP contribution in [-0.4, -0.2) is 24.0 Å². The van der Waals surface area contributed by atoms with Crippen molar-refractivity contribution < 1.29 is 22.7 Å². The Bertz CT molecular complexity index is 850. The first-order valence-corrected chi connectivity index (χ1v) is 8.30. The smallest absolute Gasteiger partial charge is 0.431 e. The highest BCUT2D eigenvalue weighted by Gasteiger charge is 2.32. The van der Waals surface area contributed by atoms with Gasteiger partial charge in [0.15, 0.2) is 0 Å². The Labute approximate surface area is 154 Å². The number of ether oxygens (including phenoxy) is 1. The SMILES string of the molecule is CC(C)(C)c1ccc(OCCNC(=O)c2ccc(C(F)(F)F)[nH]c2=O)cc1. The minimum Gasteiger partial charge on any atom is -0.492 e. The minimum atomic E-state index is -4.68. The van der Waals surface area contributed by atoms with Crippen LogP contribution in [0, 0.1) is 0 Å². The van der Waals surface area contributed by atoms with Crippen LogP contribution in [0.1, 0.15) is 42.4 Å². The Kier molecular flexibility index (Phi) is 5.98. The van der Waals surface area contributed by atoms with E-state index < -0.39 is 28.9 Å². The van der Waals surface area contributed by atoms with Crippen molar-refractivity contribution in [2.45, 2.75) is 32.4 Å². The largest absolute Gasteiger partial charge is 0.492 e. The van der Waals surface area contributed by atoms with Gasteiger partial charge in [-0.2, -0.15) is 13.2 Å². The second kappa shape index (κ2) is 7.85. The second-order valence-corrected chi connectivity index (χ2v) is 6.99. The first kappa shape index (κ1) is 20.5. The van der Waals surface area contributed by atoms with Crippen LogP contribution in [-0.2, 0) is 11.6 Å². The lowest BCUT2D eigenvalue weighted by Crippen LogP contribution is -2.33. The summed E-state index contributed by atoms with van der Waals surface area (Å²) in [6.07, 6.45) is -4.68. The van der Waals surface area contributed by atoms with Crippen LogP contribution in [0.3, 0.4) is 0 Å². The zero-order valence-electron chi connectivity index (χ0n) is 15.2. The molecule has 5 nitrogen and oxygen atoms in total. The molecule has 0 atom stereocenters. The van der Waals surface area contributed by atoms with Gasteiger partial charge in [0.25, 0.3) is 11.5 Å². The highest BCUT2D eigenvalue weighted by Crippen LogP contribution is 2.26. The molecule has 146 valence electrons. The van der Waals surface area contributed by atoms with Gasteiger partial charge in [0, 0.05) is 0 Å². The summed E-state index contributed by atoms with van der Waals surface area (Å²) in [6, 6.07) is 9.06. The summed E-state index contributed by atoms with van der Waals surface area (Å²) in [5.74, 6) is -0.138. The molecule has 1 aromatic heterocycles. The maximum absolute atomic E-state index is 12.5. The summed E-state index contributed by atoms with van der Waals surface area (Å²) in [7, 11) is 0. The van der Waals surface area contributed by atoms with Crippen LogP contribution in [0.25, 0.3) is 0 Å². The van der Waals surface area contributed by atoms with E-state index in [0.717, 1.165) is 11.6 Å². The topological polar surface area (TPSA) is 71.2 Å². The van der Waals surface area contributed by atoms with Gasteiger partial charge >= 0.3 is 6.18 Å². The van der Waals surface area contributed by atoms with Gasteiger partial charge in [-0.1, -0.05) is 32.9 Å². The van der Waals surface area contributed by atoms with E-state index in [1.165, 1.54) is 0 Å². The molecule has 1 amide bonds. The molecule has 0 aliphatic heterocycles. The number of hydrogen-bond donors (Lipinski definition) is 2. The van der Waals surface area contributed by atoms with E-state index in [1.54, 1.807) is 4.98 Å². The monoisotopic (exact) mass is 382 g/mol. The Morgan fingerprint density at radius 3 is 2.22 bits per heavy atom. The number of H-pyrrole nitrogens is 1. The van der Waals surface area contributed by atoms with Crippen molar-refractivity contribution in [3.05, 3.63) is 63.6 Å². The van der Waals surface area contributed by atoms with Crippen LogP contribution in [0.15, 0.2) is 41.2 Å². The van der Waals surface area contributed by atoms with E-state index in [4.69, 9.17) is 4.74 Å². The number of hydrogen-bond acceptors (Lipinski definition) is 3. The summed E-state index contributed by atoms with van der Waals surface area (Å²) in [5.41, 5.74) is -1.50. The average Bonchev–Trinajstić information content (AvgIpc) is 2.57. The number of carbonyl (C=O) groups excluding carboxylic acids is 1. The lowest BCUT2D eigenvalue weighted by Gasteiger charge is -2.19. The lowest BCUT2D eigenvalue weighted by molar-refractivity contribution is -0.141. The molecule has 0 saturated carbocycles. The zero-order chi connectivity index (χ0) is 20.2. The van der Waals surface area contributed by atoms with E-state index >= 15 is 0 Å². The van der Waals surface area contributed by atoms with Gasteiger partial charge in [-0.05, 0) is 35.2 Å². The van der Waals surface area contributed by atoms with Gasteiger partial charge in [-0.3, -0.25) is 9.59 Å². The standard InChI is InChI=1S/C19H21F3N2O3/c1-18(2,3)12-4-6-13(7-5-12)27-11-10-23-16(25)14-8-9-15(19(20,21)22)24-17(14)26/h4-9H,10-11H2,1-3H3,(H,23,25)(H,24,26). The van der Waals surface area contributed by atoms with Crippen LogP contribution in [0.5, 0.6) is 5.75 Å². The summed E-state index contributed by atoms with van der Waals surface area (Å²) in [4.78, 5) is 25.2. The fraction of sp³-hybridized carbons (Fsp3) is 0.368. The number of rotatable bonds is 5. The van der Waals surface area contributed by atoms with Gasteiger partial charge in [-0.25, -0.2) is 0 Å². The molecule has 0 bridgehead atoms. The number of aromatic amines is 1. The van der Waals surface area contributed by atoms with Gasteiger partial charge in [0.2, 0.25) is 0 Å². The summed E-state index contributed by atoms with van der Waals surface area (Å²) in [5, 5.41) is 2.44. The molecule has 1 aromatic carbocycles. The Hall–Kier alpha value is -2.77. The number of halogens is 3. The molecular formula is C19H21F3N2O3. The number of amides is 1. The van der Waals surface area contributed by atoms with Gasteiger partial charge in [-0.15, -0.1) is 0 Å². The summed E-state index contributed by atoms with van der Waals surface area (Å²) in [6.45, 7) is 6.55. The molecule has 0 unspecified atom stereocenters. The molecule has 0 spiro atoms. The quantitative estimate of drug-likeness (QED) is 0.778. The second-order valence-electron chi connectivity index (χ2n) is 6.99. The van der Waals surface area contributed by atoms with Crippen LogP contribution in [0.2, 0.25) is 0 Å². The minimum absolute atomic E-state index is 0.0290. The zero-order valence-corrected chi connectivity index (χ0v) is 15.2. The maximum atomic E-state index is 12.5. The molecule has 0 aliphatic rings. The van der Waals surface area contributed by atoms with Crippen LogP contribution in [0.4, 0.5) is 13.2 Å². The molecule has 1 heterocycles. The van der Waals surface area contributed by atoms with E-state index in [1.807, 2.05) is 24.3 Å². The molecule has 2 N–H and O–H groups in total. The number of pyridine rings is 1. The third-order valence-corrected chi connectivity index (χ3v) is 3.84. The lowest BCUT2D eigenvalue weighted by atomic mass is 9.87. The molecule has 0 aliphatic carbocycles. The predicted molar refractivity (Wildman–Crippen MR) is 95.0 cm³/mol. The average molecular weight is 382 g/mol. The Morgan fingerprint density at radius 1 is 1.07 bits per heavy atom. The van der Waals surface area contributed by atoms with Crippen molar-refractivity contribution in [3.63, 3.8) is 0 Å². The van der Waals surface area contributed by atoms with E-state index in [2.05, 4.69) is 26.1 Å². The number of carbonyl (C=O) groups is 1. The van der Waals surface area contributed by atoms with Crippen molar-refractivity contribution in [2.75, 3.05) is 13.2 Å². The van der Waals surface area contributed by atoms with Crippen molar-refractivity contribution >= 4 is 5.91 Å². The fourth-order valence-electron chi connectivity index (χ4n) is 2.30. The molecule has 2 rings (SSSR count). The fourth-order valence-corrected chi connectivity index (χ4v) is 2.30. The number of alkyl halides is 3. The van der Waals surface area contributed by atoms with Gasteiger partial charge in [0.05, 0.1) is 6.54 Å². The predicted octanol–water partition coefficient (Wildman–Crippen LogP) is 3.50. The van der Waals surface area contributed by atoms with E-state index in [9.17, 15) is 22.8 Å². The molecule has 0 saturated heterocycles. The van der Waals surface area contributed by atoms with Crippen molar-refractivity contribution in [3.8, 4) is 5.75 Å².